The molecule has 0 N–H and O–H groups in total. The van der Waals surface area contributed by atoms with Crippen LogP contribution in [0.3, 0.4) is 0 Å². The molecule has 26 heavy (non-hydrogen) atoms. The van der Waals surface area contributed by atoms with Gasteiger partial charge in [0.25, 0.3) is 5.91 Å². The highest BCUT2D eigenvalue weighted by Gasteiger charge is 2.38. The second-order valence-electron chi connectivity index (χ2n) is 5.64. The number of nitrogens with zero attached hydrogens (tertiary/aromatic N) is 1. The summed E-state index contributed by atoms with van der Waals surface area (Å²) in [6.45, 7) is 5.79. The van der Waals surface area contributed by atoms with Crippen molar-refractivity contribution in [2.24, 2.45) is 0 Å². The fourth-order valence-electron chi connectivity index (χ4n) is 2.63. The summed E-state index contributed by atoms with van der Waals surface area (Å²) in [5.74, 6) is -6.18. The van der Waals surface area contributed by atoms with Crippen LogP contribution >= 0.6 is 0 Å². The van der Waals surface area contributed by atoms with Crippen LogP contribution in [0.15, 0.2) is 35.7 Å². The molecule has 0 aromatic heterocycles. The molecule has 2 aromatic rings. The summed E-state index contributed by atoms with van der Waals surface area (Å²) in [4.78, 5) is 11.1. The molecule has 0 fully saturated rings. The first-order chi connectivity index (χ1) is 12.1. The average molecular weight is 383 g/mol. The van der Waals surface area contributed by atoms with E-state index in [0.29, 0.717) is 10.6 Å². The Kier molecular flexibility index (Phi) is 4.16. The van der Waals surface area contributed by atoms with E-state index in [2.05, 4.69) is 6.58 Å². The fourth-order valence-corrected chi connectivity index (χ4v) is 3.90. The second kappa shape index (κ2) is 5.96. The summed E-state index contributed by atoms with van der Waals surface area (Å²) in [5, 5.41) is 0.384. The number of halogens is 3. The molecule has 0 spiro atoms. The van der Waals surface area contributed by atoms with E-state index in [0.717, 1.165) is 13.8 Å². The monoisotopic (exact) mass is 383 g/mol. The number of amides is 1. The number of carbonyl (C=O) groups excluding carboxylic acids is 1. The van der Waals surface area contributed by atoms with Crippen molar-refractivity contribution < 1.29 is 30.7 Å². The van der Waals surface area contributed by atoms with Crippen LogP contribution in [0.25, 0.3) is 5.70 Å². The summed E-state index contributed by atoms with van der Waals surface area (Å²) in [7, 11) is -4.99. The van der Waals surface area contributed by atoms with E-state index in [-0.39, 0.29) is 22.4 Å². The number of benzene rings is 2. The van der Waals surface area contributed by atoms with Crippen molar-refractivity contribution in [2.75, 3.05) is 0 Å². The summed E-state index contributed by atoms with van der Waals surface area (Å²) >= 11 is 0. The van der Waals surface area contributed by atoms with Crippen LogP contribution in [-0.4, -0.2) is 19.4 Å². The van der Waals surface area contributed by atoms with Gasteiger partial charge in [-0.05, 0) is 31.0 Å². The molecule has 0 aliphatic carbocycles. The van der Waals surface area contributed by atoms with Gasteiger partial charge in [-0.3, -0.25) is 4.79 Å². The molecule has 0 saturated carbocycles. The first kappa shape index (κ1) is 18.2. The summed E-state index contributed by atoms with van der Waals surface area (Å²) in [6, 6.07) is 6.13. The van der Waals surface area contributed by atoms with Crippen LogP contribution < -0.4 is 0 Å². The third kappa shape index (κ3) is 2.51. The van der Waals surface area contributed by atoms with Gasteiger partial charge in [-0.15, -0.1) is 4.28 Å². The minimum Gasteiger partial charge on any atom is -0.266 e. The van der Waals surface area contributed by atoms with Crippen molar-refractivity contribution in [1.82, 2.24) is 5.06 Å². The van der Waals surface area contributed by atoms with Crippen molar-refractivity contribution in [1.29, 1.82) is 0 Å². The molecule has 0 bridgehead atoms. The van der Waals surface area contributed by atoms with E-state index >= 15 is 0 Å². The average Bonchev–Trinajstić information content (AvgIpc) is 2.83. The molecule has 3 rings (SSSR count). The largest absolute Gasteiger partial charge is 0.321 e. The predicted molar refractivity (Wildman–Crippen MR) is 85.7 cm³/mol. The van der Waals surface area contributed by atoms with Gasteiger partial charge in [-0.2, -0.15) is 13.5 Å². The summed E-state index contributed by atoms with van der Waals surface area (Å²) < 4.78 is 71.1. The number of carbonyl (C=O) groups is 1. The molecule has 136 valence electrons. The van der Waals surface area contributed by atoms with Crippen molar-refractivity contribution in [3.63, 3.8) is 0 Å². The Bertz CT molecular complexity index is 1020. The van der Waals surface area contributed by atoms with Crippen molar-refractivity contribution >= 4 is 21.7 Å². The van der Waals surface area contributed by atoms with E-state index in [1.807, 2.05) is 0 Å². The van der Waals surface area contributed by atoms with E-state index in [1.165, 1.54) is 12.1 Å². The molecular formula is C17H12F3NO4S. The maximum Gasteiger partial charge on any atom is 0.321 e. The van der Waals surface area contributed by atoms with Gasteiger partial charge in [0.15, 0.2) is 17.5 Å². The minimum absolute atomic E-state index is 0.0773. The molecule has 1 heterocycles. The Morgan fingerprint density at radius 2 is 1.54 bits per heavy atom. The molecule has 0 radical (unpaired) electrons. The van der Waals surface area contributed by atoms with Crippen LogP contribution in [0.1, 0.15) is 27.0 Å². The maximum atomic E-state index is 14.1. The molecular weight excluding hydrogens is 371 g/mol. The highest BCUT2D eigenvalue weighted by Crippen LogP contribution is 2.35. The van der Waals surface area contributed by atoms with Crippen LogP contribution in [0.2, 0.25) is 0 Å². The normalized spacial score (nSPS) is 14.1. The molecule has 1 aliphatic heterocycles. The zero-order valence-electron chi connectivity index (χ0n) is 13.6. The fraction of sp³-hybridized carbons (Fsp3) is 0.118. The quantitative estimate of drug-likeness (QED) is 0.762. The number of fused-ring (bicyclic) bond motifs is 1. The molecule has 5 nitrogen and oxygen atoms in total. The Labute approximate surface area is 147 Å². The second-order valence-corrected chi connectivity index (χ2v) is 7.11. The summed E-state index contributed by atoms with van der Waals surface area (Å²) in [5.41, 5.74) is -0.346. The Balaban J connectivity index is 2.08. The van der Waals surface area contributed by atoms with Crippen molar-refractivity contribution in [3.05, 3.63) is 70.5 Å². The smallest absolute Gasteiger partial charge is 0.266 e. The zero-order chi connectivity index (χ0) is 19.4. The van der Waals surface area contributed by atoms with Gasteiger partial charge in [0.2, 0.25) is 0 Å². The summed E-state index contributed by atoms with van der Waals surface area (Å²) in [6.07, 6.45) is 0. The van der Waals surface area contributed by atoms with Crippen LogP contribution in [0.4, 0.5) is 13.2 Å². The van der Waals surface area contributed by atoms with Gasteiger partial charge >= 0.3 is 10.1 Å². The first-order valence-electron chi connectivity index (χ1n) is 7.29. The van der Waals surface area contributed by atoms with Crippen LogP contribution in [0.5, 0.6) is 0 Å². The molecule has 0 saturated heterocycles. The Morgan fingerprint density at radius 3 is 2.12 bits per heavy atom. The SMILES string of the molecule is C=C1c2ccccc2C(=O)N1OS(=O)(=O)c1c(C)c(C)c(F)c(F)c1F. The number of hydrogen-bond donors (Lipinski definition) is 0. The van der Waals surface area contributed by atoms with Gasteiger partial charge in [0.05, 0.1) is 11.3 Å². The zero-order valence-corrected chi connectivity index (χ0v) is 14.5. The number of hydrogen-bond acceptors (Lipinski definition) is 4. The van der Waals surface area contributed by atoms with Crippen molar-refractivity contribution in [2.45, 2.75) is 18.7 Å². The third-order valence-corrected chi connectivity index (χ3v) is 5.47. The van der Waals surface area contributed by atoms with Gasteiger partial charge in [0.1, 0.15) is 4.90 Å². The lowest BCUT2D eigenvalue weighted by Crippen LogP contribution is -2.28. The topological polar surface area (TPSA) is 63.7 Å². The lowest BCUT2D eigenvalue weighted by Gasteiger charge is -2.18. The Hall–Kier alpha value is -2.65. The van der Waals surface area contributed by atoms with E-state index in [4.69, 9.17) is 4.28 Å². The molecule has 0 atom stereocenters. The lowest BCUT2D eigenvalue weighted by atomic mass is 10.1. The molecule has 9 heteroatoms. The maximum absolute atomic E-state index is 14.1. The Morgan fingerprint density at radius 1 is 0.962 bits per heavy atom. The lowest BCUT2D eigenvalue weighted by molar-refractivity contribution is 0.0176. The standard InChI is InChI=1S/C17H12F3NO4S/c1-8-9(2)16(15(20)14(19)13(8)18)26(23,24)25-21-10(3)11-6-4-5-7-12(11)17(21)22/h4-7H,3H2,1-2H3. The van der Waals surface area contributed by atoms with Gasteiger partial charge in [-0.25, -0.2) is 13.2 Å². The number of hydroxylamine groups is 2. The highest BCUT2D eigenvalue weighted by atomic mass is 32.2. The van der Waals surface area contributed by atoms with Crippen LogP contribution in [0, 0.1) is 31.3 Å². The number of rotatable bonds is 3. The van der Waals surface area contributed by atoms with Gasteiger partial charge in [-0.1, -0.05) is 24.8 Å². The van der Waals surface area contributed by atoms with E-state index in [1.54, 1.807) is 12.1 Å². The first-order valence-corrected chi connectivity index (χ1v) is 8.69. The van der Waals surface area contributed by atoms with Gasteiger partial charge < -0.3 is 0 Å². The van der Waals surface area contributed by atoms with Gasteiger partial charge in [0, 0.05) is 5.56 Å². The van der Waals surface area contributed by atoms with E-state index < -0.39 is 38.4 Å². The highest BCUT2D eigenvalue weighted by molar-refractivity contribution is 7.86. The van der Waals surface area contributed by atoms with E-state index in [9.17, 15) is 26.4 Å². The molecule has 0 unspecified atom stereocenters. The van der Waals surface area contributed by atoms with Crippen molar-refractivity contribution in [3.8, 4) is 0 Å². The third-order valence-electron chi connectivity index (χ3n) is 4.14. The molecule has 1 aliphatic rings. The molecule has 2 aromatic carbocycles. The van der Waals surface area contributed by atoms with Crippen LogP contribution in [-0.2, 0) is 14.4 Å². The molecule has 1 amide bonds. The minimum atomic E-state index is -4.99. The predicted octanol–water partition coefficient (Wildman–Crippen LogP) is 3.47.